The largest absolute Gasteiger partial charge is 0.497 e. The van der Waals surface area contributed by atoms with Gasteiger partial charge in [0.05, 0.1) is 29.7 Å². The van der Waals surface area contributed by atoms with Crippen LogP contribution in [0.15, 0.2) is 89.3 Å². The topological polar surface area (TPSA) is 83.9 Å². The predicted molar refractivity (Wildman–Crippen MR) is 130 cm³/mol. The maximum Gasteiger partial charge on any atom is 0.333 e. The quantitative estimate of drug-likeness (QED) is 0.483. The van der Waals surface area contributed by atoms with Gasteiger partial charge in [0.15, 0.2) is 0 Å². The number of carboxylic acid groups (broad SMARTS) is 1. The molecular weight excluding hydrogens is 474 g/mol. The van der Waals surface area contributed by atoms with Crippen molar-refractivity contribution in [1.29, 1.82) is 0 Å². The van der Waals surface area contributed by atoms with E-state index >= 15 is 0 Å². The second-order valence-electron chi connectivity index (χ2n) is 8.09. The van der Waals surface area contributed by atoms with Gasteiger partial charge in [0.25, 0.3) is 0 Å². The summed E-state index contributed by atoms with van der Waals surface area (Å²) in [4.78, 5) is 12.4. The molecule has 1 heterocycles. The normalized spacial score (nSPS) is 18.9. The summed E-state index contributed by atoms with van der Waals surface area (Å²) in [7, 11) is -2.56. The van der Waals surface area contributed by atoms with E-state index in [2.05, 4.69) is 0 Å². The molecule has 0 unspecified atom stereocenters. The Bertz CT molecular complexity index is 1330. The zero-order valence-corrected chi connectivity index (χ0v) is 20.3. The van der Waals surface area contributed by atoms with Crippen LogP contribution in [0.25, 0.3) is 0 Å². The molecule has 0 aliphatic carbocycles. The first kappa shape index (κ1) is 24.0. The molecule has 0 fully saturated rings. The number of methoxy groups -OCH3 is 1. The number of carboxylic acids is 1. The Balaban J connectivity index is 1.96. The van der Waals surface area contributed by atoms with Gasteiger partial charge in [0.1, 0.15) is 5.75 Å². The molecule has 0 amide bonds. The second-order valence-corrected chi connectivity index (χ2v) is 10.4. The van der Waals surface area contributed by atoms with Gasteiger partial charge in [-0.1, -0.05) is 59.6 Å². The Morgan fingerprint density at radius 1 is 1.03 bits per heavy atom. The molecule has 3 aromatic carbocycles. The molecule has 0 saturated carbocycles. The number of sulfonamides is 1. The first-order chi connectivity index (χ1) is 16.2. The number of ether oxygens (including phenoxy) is 1. The number of halogens is 1. The van der Waals surface area contributed by atoms with Gasteiger partial charge in [-0.25, -0.2) is 13.2 Å². The molecule has 4 rings (SSSR count). The third kappa shape index (κ3) is 4.59. The summed E-state index contributed by atoms with van der Waals surface area (Å²) in [5.74, 6) is -0.539. The molecule has 1 aliphatic rings. The molecule has 6 nitrogen and oxygen atoms in total. The highest BCUT2D eigenvalue weighted by Crippen LogP contribution is 2.46. The fraction of sp³-hybridized carbons (Fsp3) is 0.192. The average Bonchev–Trinajstić information content (AvgIpc) is 2.83. The third-order valence-corrected chi connectivity index (χ3v) is 8.05. The van der Waals surface area contributed by atoms with Crippen LogP contribution < -0.4 is 4.74 Å². The van der Waals surface area contributed by atoms with E-state index in [9.17, 15) is 18.3 Å². The first-order valence-corrected chi connectivity index (χ1v) is 12.5. The molecule has 0 saturated heterocycles. The molecule has 0 aromatic heterocycles. The van der Waals surface area contributed by atoms with E-state index in [1.54, 1.807) is 86.0 Å². The Morgan fingerprint density at radius 2 is 1.71 bits per heavy atom. The fourth-order valence-electron chi connectivity index (χ4n) is 4.23. The van der Waals surface area contributed by atoms with E-state index in [0.717, 1.165) is 11.1 Å². The van der Waals surface area contributed by atoms with Crippen LogP contribution >= 0.6 is 11.6 Å². The Morgan fingerprint density at radius 3 is 2.29 bits per heavy atom. The maximum atomic E-state index is 14.1. The fourth-order valence-corrected chi connectivity index (χ4v) is 6.20. The number of benzene rings is 3. The first-order valence-electron chi connectivity index (χ1n) is 10.7. The number of rotatable bonds is 6. The minimum absolute atomic E-state index is 0.0114. The van der Waals surface area contributed by atoms with Gasteiger partial charge in [-0.3, -0.25) is 0 Å². The van der Waals surface area contributed by atoms with Crippen LogP contribution in [0.2, 0.25) is 5.02 Å². The lowest BCUT2D eigenvalue weighted by Crippen LogP contribution is -2.42. The average molecular weight is 498 g/mol. The monoisotopic (exact) mass is 497 g/mol. The standard InChI is InChI=1S/C26H24ClNO5S/c1-17-6-12-22(13-7-17)34(31,32)28-24(18-8-10-21(33-2)11-9-18)15-14-23(26(29)30)25(28)19-4-3-5-20(27)16-19/h3-14,16,24-25H,15H2,1-2H3,(H,29,30)/t24-,25-/m0/s1. The van der Waals surface area contributed by atoms with Gasteiger partial charge in [0, 0.05) is 5.02 Å². The third-order valence-electron chi connectivity index (χ3n) is 5.93. The molecule has 3 aromatic rings. The van der Waals surface area contributed by atoms with E-state index in [4.69, 9.17) is 16.3 Å². The van der Waals surface area contributed by atoms with Crippen molar-refractivity contribution in [3.63, 3.8) is 0 Å². The summed E-state index contributed by atoms with van der Waals surface area (Å²) < 4.78 is 34.7. The van der Waals surface area contributed by atoms with Crippen molar-refractivity contribution < 1.29 is 23.1 Å². The van der Waals surface area contributed by atoms with Crippen LogP contribution in [-0.2, 0) is 14.8 Å². The number of nitrogens with zero attached hydrogens (tertiary/aromatic N) is 1. The molecule has 0 spiro atoms. The molecule has 2 atom stereocenters. The van der Waals surface area contributed by atoms with Crippen LogP contribution in [-0.4, -0.2) is 30.9 Å². The lowest BCUT2D eigenvalue weighted by Gasteiger charge is -2.40. The SMILES string of the molecule is COc1ccc([C@@H]2CC=C(C(=O)O)[C@H](c3cccc(Cl)c3)N2S(=O)(=O)c2ccc(C)cc2)cc1. The van der Waals surface area contributed by atoms with E-state index in [1.165, 1.54) is 4.31 Å². The van der Waals surface area contributed by atoms with E-state index < -0.39 is 28.1 Å². The van der Waals surface area contributed by atoms with Gasteiger partial charge in [-0.15, -0.1) is 0 Å². The number of aryl methyl sites for hydroxylation is 1. The Hall–Kier alpha value is -3.13. The highest BCUT2D eigenvalue weighted by atomic mass is 35.5. The van der Waals surface area contributed by atoms with Crippen molar-refractivity contribution in [2.24, 2.45) is 0 Å². The van der Waals surface area contributed by atoms with Crippen LogP contribution in [0.3, 0.4) is 0 Å². The predicted octanol–water partition coefficient (Wildman–Crippen LogP) is 5.55. The van der Waals surface area contributed by atoms with Crippen LogP contribution in [0.4, 0.5) is 0 Å². The van der Waals surface area contributed by atoms with Crippen molar-refractivity contribution >= 4 is 27.6 Å². The highest BCUT2D eigenvalue weighted by molar-refractivity contribution is 7.89. The second kappa shape index (κ2) is 9.62. The zero-order valence-electron chi connectivity index (χ0n) is 18.7. The number of hydrogen-bond donors (Lipinski definition) is 1. The summed E-state index contributed by atoms with van der Waals surface area (Å²) >= 11 is 6.23. The molecule has 34 heavy (non-hydrogen) atoms. The van der Waals surface area contributed by atoms with Crippen molar-refractivity contribution in [1.82, 2.24) is 4.31 Å². The summed E-state index contributed by atoms with van der Waals surface area (Å²) in [5, 5.41) is 10.4. The molecule has 8 heteroatoms. The number of aliphatic carboxylic acids is 1. The lowest BCUT2D eigenvalue weighted by molar-refractivity contribution is -0.133. The van der Waals surface area contributed by atoms with E-state index in [-0.39, 0.29) is 16.9 Å². The number of hydrogen-bond acceptors (Lipinski definition) is 4. The molecular formula is C26H24ClNO5S. The summed E-state index contributed by atoms with van der Waals surface area (Å²) in [6.45, 7) is 1.87. The number of carbonyl (C=O) groups is 1. The molecule has 176 valence electrons. The maximum absolute atomic E-state index is 14.1. The van der Waals surface area contributed by atoms with Crippen molar-refractivity contribution in [2.75, 3.05) is 7.11 Å². The minimum Gasteiger partial charge on any atom is -0.497 e. The summed E-state index contributed by atoms with van der Waals surface area (Å²) in [5.41, 5.74) is 2.11. The Kier molecular flexibility index (Phi) is 6.79. The molecule has 0 radical (unpaired) electrons. The van der Waals surface area contributed by atoms with Gasteiger partial charge >= 0.3 is 5.97 Å². The van der Waals surface area contributed by atoms with Crippen LogP contribution in [0.5, 0.6) is 5.75 Å². The highest BCUT2D eigenvalue weighted by Gasteiger charge is 2.44. The van der Waals surface area contributed by atoms with E-state index in [1.807, 2.05) is 6.92 Å². The molecule has 0 bridgehead atoms. The summed E-state index contributed by atoms with van der Waals surface area (Å²) in [6, 6.07) is 18.6. The van der Waals surface area contributed by atoms with Gasteiger partial charge in [0.2, 0.25) is 10.0 Å². The van der Waals surface area contributed by atoms with Crippen LogP contribution in [0.1, 0.15) is 35.2 Å². The van der Waals surface area contributed by atoms with E-state index in [0.29, 0.717) is 16.3 Å². The van der Waals surface area contributed by atoms with Gasteiger partial charge in [-0.05, 0) is 60.9 Å². The van der Waals surface area contributed by atoms with Gasteiger partial charge < -0.3 is 9.84 Å². The molecule has 1 aliphatic heterocycles. The van der Waals surface area contributed by atoms with Gasteiger partial charge in [-0.2, -0.15) is 4.31 Å². The Labute approximate surface area is 204 Å². The summed E-state index contributed by atoms with van der Waals surface area (Å²) in [6.07, 6.45) is 1.81. The molecule has 1 N–H and O–H groups in total. The smallest absolute Gasteiger partial charge is 0.333 e. The van der Waals surface area contributed by atoms with Crippen LogP contribution in [0, 0.1) is 6.92 Å². The van der Waals surface area contributed by atoms with Crippen molar-refractivity contribution in [2.45, 2.75) is 30.3 Å². The zero-order chi connectivity index (χ0) is 24.5. The van der Waals surface area contributed by atoms with Crippen molar-refractivity contribution in [3.8, 4) is 5.75 Å². The van der Waals surface area contributed by atoms with Crippen molar-refractivity contribution in [3.05, 3.63) is 106 Å². The minimum atomic E-state index is -4.11. The lowest BCUT2D eigenvalue weighted by atomic mass is 9.89.